The fourth-order valence-corrected chi connectivity index (χ4v) is 2.73. The molecular formula is C12H21N3OS. The molecule has 2 unspecified atom stereocenters. The second kappa shape index (κ2) is 6.44. The lowest BCUT2D eigenvalue weighted by molar-refractivity contribution is 0.0760. The first-order valence-electron chi connectivity index (χ1n) is 6.28. The van der Waals surface area contributed by atoms with Crippen LogP contribution in [0.2, 0.25) is 0 Å². The minimum atomic E-state index is 0.323. The molecule has 1 fully saturated rings. The van der Waals surface area contributed by atoms with Crippen LogP contribution in [0.1, 0.15) is 29.8 Å². The van der Waals surface area contributed by atoms with E-state index in [9.17, 15) is 0 Å². The van der Waals surface area contributed by atoms with Crippen LogP contribution in [-0.2, 0) is 11.2 Å². The first kappa shape index (κ1) is 13.0. The third kappa shape index (κ3) is 3.74. The lowest BCUT2D eigenvalue weighted by Gasteiger charge is -2.25. The van der Waals surface area contributed by atoms with Gasteiger partial charge >= 0.3 is 0 Å². The van der Waals surface area contributed by atoms with Gasteiger partial charge in [0.05, 0.1) is 19.3 Å². The number of nitrogens with one attached hydrogen (secondary N) is 2. The van der Waals surface area contributed by atoms with E-state index in [0.29, 0.717) is 12.1 Å². The van der Waals surface area contributed by atoms with Crippen LogP contribution in [0, 0.1) is 0 Å². The molecule has 2 rings (SSSR count). The van der Waals surface area contributed by atoms with E-state index >= 15 is 0 Å². The maximum Gasteiger partial charge on any atom is 0.109 e. The molecule has 5 heteroatoms. The largest absolute Gasteiger partial charge is 0.378 e. The van der Waals surface area contributed by atoms with Gasteiger partial charge in [-0.2, -0.15) is 0 Å². The number of aryl methyl sites for hydroxylation is 1. The molecule has 0 spiro atoms. The lowest BCUT2D eigenvalue weighted by atomic mass is 10.2. The van der Waals surface area contributed by atoms with Crippen LogP contribution in [0.15, 0.2) is 6.20 Å². The lowest BCUT2D eigenvalue weighted by Crippen LogP contribution is -2.47. The SMILES string of the molecule is CCc1cnc(C(C)NCC2COCCN2)s1. The smallest absolute Gasteiger partial charge is 0.109 e. The summed E-state index contributed by atoms with van der Waals surface area (Å²) in [4.78, 5) is 5.81. The zero-order valence-corrected chi connectivity index (χ0v) is 11.3. The van der Waals surface area contributed by atoms with E-state index in [-0.39, 0.29) is 0 Å². The molecule has 2 atom stereocenters. The van der Waals surface area contributed by atoms with Gasteiger partial charge in [-0.25, -0.2) is 4.98 Å². The van der Waals surface area contributed by atoms with Crippen LogP contribution in [0.4, 0.5) is 0 Å². The van der Waals surface area contributed by atoms with Gasteiger partial charge in [0.25, 0.3) is 0 Å². The van der Waals surface area contributed by atoms with Crippen molar-refractivity contribution in [3.63, 3.8) is 0 Å². The van der Waals surface area contributed by atoms with Gasteiger partial charge in [-0.1, -0.05) is 6.92 Å². The van der Waals surface area contributed by atoms with Gasteiger partial charge in [0.1, 0.15) is 5.01 Å². The molecule has 1 saturated heterocycles. The highest BCUT2D eigenvalue weighted by Gasteiger charge is 2.15. The molecule has 1 aromatic heterocycles. The van der Waals surface area contributed by atoms with Gasteiger partial charge in [0, 0.05) is 30.2 Å². The van der Waals surface area contributed by atoms with Crippen LogP contribution in [0.5, 0.6) is 0 Å². The zero-order valence-electron chi connectivity index (χ0n) is 10.5. The Kier molecular flexibility index (Phi) is 4.91. The Labute approximate surface area is 107 Å². The Morgan fingerprint density at radius 2 is 2.59 bits per heavy atom. The van der Waals surface area contributed by atoms with E-state index in [1.54, 1.807) is 11.3 Å². The van der Waals surface area contributed by atoms with E-state index in [2.05, 4.69) is 29.5 Å². The summed E-state index contributed by atoms with van der Waals surface area (Å²) in [5.41, 5.74) is 0. The predicted molar refractivity (Wildman–Crippen MR) is 70.5 cm³/mol. The van der Waals surface area contributed by atoms with Crippen molar-refractivity contribution in [3.05, 3.63) is 16.1 Å². The number of hydrogen-bond donors (Lipinski definition) is 2. The Bertz CT molecular complexity index is 336. The summed E-state index contributed by atoms with van der Waals surface area (Å²) in [7, 11) is 0. The van der Waals surface area contributed by atoms with Gasteiger partial charge in [0.15, 0.2) is 0 Å². The van der Waals surface area contributed by atoms with Gasteiger partial charge in [-0.05, 0) is 13.3 Å². The monoisotopic (exact) mass is 255 g/mol. The molecule has 0 radical (unpaired) electrons. The number of aromatic nitrogens is 1. The van der Waals surface area contributed by atoms with E-state index in [1.807, 2.05) is 6.20 Å². The molecule has 0 aliphatic carbocycles. The van der Waals surface area contributed by atoms with Crippen molar-refractivity contribution < 1.29 is 4.74 Å². The van der Waals surface area contributed by atoms with Crippen molar-refractivity contribution in [1.29, 1.82) is 0 Å². The summed E-state index contributed by atoms with van der Waals surface area (Å²) in [5.74, 6) is 0. The molecule has 1 aliphatic rings. The molecule has 2 heterocycles. The predicted octanol–water partition coefficient (Wildman–Crippen LogP) is 1.34. The molecular weight excluding hydrogens is 234 g/mol. The van der Waals surface area contributed by atoms with Crippen molar-refractivity contribution in [2.24, 2.45) is 0 Å². The Morgan fingerprint density at radius 3 is 3.24 bits per heavy atom. The molecule has 0 aromatic carbocycles. The number of thiazole rings is 1. The van der Waals surface area contributed by atoms with Crippen molar-refractivity contribution in [2.75, 3.05) is 26.3 Å². The number of hydrogen-bond acceptors (Lipinski definition) is 5. The number of nitrogens with zero attached hydrogens (tertiary/aromatic N) is 1. The van der Waals surface area contributed by atoms with Crippen molar-refractivity contribution in [3.8, 4) is 0 Å². The normalized spacial score (nSPS) is 22.6. The Balaban J connectivity index is 1.77. The molecule has 96 valence electrons. The van der Waals surface area contributed by atoms with Crippen LogP contribution in [0.25, 0.3) is 0 Å². The third-order valence-corrected chi connectivity index (χ3v) is 4.28. The fraction of sp³-hybridized carbons (Fsp3) is 0.750. The first-order valence-corrected chi connectivity index (χ1v) is 7.10. The molecule has 0 bridgehead atoms. The van der Waals surface area contributed by atoms with E-state index < -0.39 is 0 Å². The molecule has 17 heavy (non-hydrogen) atoms. The summed E-state index contributed by atoms with van der Waals surface area (Å²) < 4.78 is 5.43. The minimum absolute atomic E-state index is 0.323. The average Bonchev–Trinajstić information content (AvgIpc) is 2.86. The van der Waals surface area contributed by atoms with Gasteiger partial charge < -0.3 is 15.4 Å². The summed E-state index contributed by atoms with van der Waals surface area (Å²) in [6, 6.07) is 0.751. The standard InChI is InChI=1S/C12H21N3OS/c1-3-11-7-15-12(17-11)9(2)14-6-10-8-16-5-4-13-10/h7,9-10,13-14H,3-6,8H2,1-2H3. The highest BCUT2D eigenvalue weighted by Crippen LogP contribution is 2.20. The summed E-state index contributed by atoms with van der Waals surface area (Å²) in [5, 5.41) is 8.13. The van der Waals surface area contributed by atoms with Gasteiger partial charge in [-0.15, -0.1) is 11.3 Å². The van der Waals surface area contributed by atoms with Crippen LogP contribution < -0.4 is 10.6 Å². The fourth-order valence-electron chi connectivity index (χ4n) is 1.84. The van der Waals surface area contributed by atoms with Crippen LogP contribution >= 0.6 is 11.3 Å². The van der Waals surface area contributed by atoms with E-state index in [0.717, 1.165) is 32.7 Å². The van der Waals surface area contributed by atoms with Crippen molar-refractivity contribution in [1.82, 2.24) is 15.6 Å². The summed E-state index contributed by atoms with van der Waals surface area (Å²) in [6.45, 7) is 7.86. The molecule has 0 saturated carbocycles. The molecule has 0 amide bonds. The molecule has 4 nitrogen and oxygen atoms in total. The number of ether oxygens (including phenoxy) is 1. The van der Waals surface area contributed by atoms with Gasteiger partial charge in [-0.3, -0.25) is 0 Å². The first-order chi connectivity index (χ1) is 8.29. The quantitative estimate of drug-likeness (QED) is 0.833. The molecule has 2 N–H and O–H groups in total. The maximum atomic E-state index is 5.43. The topological polar surface area (TPSA) is 46.2 Å². The molecule has 1 aromatic rings. The second-order valence-electron chi connectivity index (χ2n) is 4.37. The Hall–Kier alpha value is -0.490. The maximum absolute atomic E-state index is 5.43. The number of morpholine rings is 1. The Morgan fingerprint density at radius 1 is 1.71 bits per heavy atom. The molecule has 1 aliphatic heterocycles. The van der Waals surface area contributed by atoms with Gasteiger partial charge in [0.2, 0.25) is 0 Å². The van der Waals surface area contributed by atoms with Crippen LogP contribution in [0.3, 0.4) is 0 Å². The minimum Gasteiger partial charge on any atom is -0.378 e. The summed E-state index contributed by atoms with van der Waals surface area (Å²) >= 11 is 1.80. The van der Waals surface area contributed by atoms with Crippen molar-refractivity contribution in [2.45, 2.75) is 32.4 Å². The highest BCUT2D eigenvalue weighted by atomic mass is 32.1. The number of rotatable bonds is 5. The third-order valence-electron chi connectivity index (χ3n) is 2.96. The highest BCUT2D eigenvalue weighted by molar-refractivity contribution is 7.11. The van der Waals surface area contributed by atoms with E-state index in [4.69, 9.17) is 4.74 Å². The van der Waals surface area contributed by atoms with Crippen molar-refractivity contribution >= 4 is 11.3 Å². The summed E-state index contributed by atoms with van der Waals surface area (Å²) in [6.07, 6.45) is 3.06. The van der Waals surface area contributed by atoms with E-state index in [1.165, 1.54) is 9.88 Å². The second-order valence-corrected chi connectivity index (χ2v) is 5.52. The van der Waals surface area contributed by atoms with Crippen LogP contribution in [-0.4, -0.2) is 37.3 Å². The average molecular weight is 255 g/mol. The zero-order chi connectivity index (χ0) is 12.1.